The number of hydrogen-bond acceptors (Lipinski definition) is 4. The summed E-state index contributed by atoms with van der Waals surface area (Å²) in [6.45, 7) is 3.80. The van der Waals surface area contributed by atoms with Crippen LogP contribution >= 0.6 is 0 Å². The first-order valence-electron chi connectivity index (χ1n) is 10.5. The van der Waals surface area contributed by atoms with Gasteiger partial charge in [0.15, 0.2) is 0 Å². The summed E-state index contributed by atoms with van der Waals surface area (Å²) in [5.74, 6) is -0.445. The number of sulfonamides is 1. The Kier molecular flexibility index (Phi) is 5.16. The maximum atomic E-state index is 14.0. The lowest BCUT2D eigenvalue weighted by Crippen LogP contribution is -2.33. The van der Waals surface area contributed by atoms with Crippen LogP contribution in [0, 0.1) is 11.2 Å². The number of nitrogens with zero attached hydrogens (tertiary/aromatic N) is 4. The number of benzene rings is 2. The highest BCUT2D eigenvalue weighted by molar-refractivity contribution is 7.89. The molecule has 8 heteroatoms. The van der Waals surface area contributed by atoms with E-state index in [0.29, 0.717) is 13.1 Å². The van der Waals surface area contributed by atoms with Gasteiger partial charge in [-0.3, -0.25) is 4.90 Å². The number of rotatable bonds is 5. The summed E-state index contributed by atoms with van der Waals surface area (Å²) in [7, 11) is -3.67. The predicted molar refractivity (Wildman–Crippen MR) is 116 cm³/mol. The second kappa shape index (κ2) is 7.85. The van der Waals surface area contributed by atoms with Gasteiger partial charge in [0.2, 0.25) is 10.0 Å². The second-order valence-corrected chi connectivity index (χ2v) is 10.5. The van der Waals surface area contributed by atoms with E-state index in [1.54, 1.807) is 22.5 Å². The number of aromatic nitrogens is 2. The largest absolute Gasteiger partial charge is 0.298 e. The van der Waals surface area contributed by atoms with Crippen LogP contribution in [-0.4, -0.2) is 53.6 Å². The van der Waals surface area contributed by atoms with Crippen molar-refractivity contribution in [2.45, 2.75) is 24.3 Å². The van der Waals surface area contributed by atoms with E-state index in [4.69, 9.17) is 0 Å². The van der Waals surface area contributed by atoms with Gasteiger partial charge < -0.3 is 0 Å². The van der Waals surface area contributed by atoms with Crippen molar-refractivity contribution in [3.8, 4) is 5.69 Å². The van der Waals surface area contributed by atoms with Gasteiger partial charge in [0.05, 0.1) is 12.4 Å². The smallest absolute Gasteiger partial charge is 0.246 e. The highest BCUT2D eigenvalue weighted by atomic mass is 32.2. The van der Waals surface area contributed by atoms with Crippen LogP contribution in [0.3, 0.4) is 0 Å². The van der Waals surface area contributed by atoms with Crippen LogP contribution in [0.5, 0.6) is 0 Å². The molecule has 1 spiro atoms. The molecule has 1 unspecified atom stereocenters. The van der Waals surface area contributed by atoms with Crippen molar-refractivity contribution >= 4 is 10.0 Å². The van der Waals surface area contributed by atoms with Gasteiger partial charge >= 0.3 is 0 Å². The van der Waals surface area contributed by atoms with Crippen molar-refractivity contribution in [2.75, 3.05) is 26.2 Å². The number of para-hydroxylation sites is 1. The standard InChI is InChI=1S/C23H25FN4O2S/c24-21-8-4-5-9-22(21)28-16-20(14-25-28)31(29,30)27-13-11-23(18-27)10-12-26(17-23)15-19-6-2-1-3-7-19/h1-9,14,16H,10-13,15,17-18H2. The van der Waals surface area contributed by atoms with Crippen LogP contribution in [0.15, 0.2) is 71.9 Å². The van der Waals surface area contributed by atoms with Crippen LogP contribution in [0.4, 0.5) is 4.39 Å². The van der Waals surface area contributed by atoms with Crippen molar-refractivity contribution in [1.82, 2.24) is 19.0 Å². The van der Waals surface area contributed by atoms with Crippen LogP contribution in [0.1, 0.15) is 18.4 Å². The van der Waals surface area contributed by atoms with Gasteiger partial charge in [0, 0.05) is 26.2 Å². The molecule has 2 aromatic carbocycles. The summed E-state index contributed by atoms with van der Waals surface area (Å²) in [6, 6.07) is 16.6. The SMILES string of the molecule is O=S(=O)(c1cnn(-c2ccccc2F)c1)N1CCC2(CCN(Cc3ccccc3)C2)C1. The fourth-order valence-electron chi connectivity index (χ4n) is 4.79. The number of hydrogen-bond donors (Lipinski definition) is 0. The van der Waals surface area contributed by atoms with Crippen LogP contribution in [0.25, 0.3) is 5.69 Å². The molecular formula is C23H25FN4O2S. The summed E-state index contributed by atoms with van der Waals surface area (Å²) >= 11 is 0. The first kappa shape index (κ1) is 20.4. The maximum Gasteiger partial charge on any atom is 0.246 e. The topological polar surface area (TPSA) is 58.4 Å². The van der Waals surface area contributed by atoms with E-state index < -0.39 is 15.8 Å². The highest BCUT2D eigenvalue weighted by Crippen LogP contribution is 2.41. The van der Waals surface area contributed by atoms with Crippen molar-refractivity contribution in [2.24, 2.45) is 5.41 Å². The van der Waals surface area contributed by atoms with Gasteiger partial charge in [-0.25, -0.2) is 17.5 Å². The van der Waals surface area contributed by atoms with Gasteiger partial charge in [0.25, 0.3) is 0 Å². The Hall–Kier alpha value is -2.55. The third-order valence-electron chi connectivity index (χ3n) is 6.47. The van der Waals surface area contributed by atoms with E-state index in [-0.39, 0.29) is 16.0 Å². The third kappa shape index (κ3) is 3.91. The van der Waals surface area contributed by atoms with Crippen molar-refractivity contribution in [3.05, 3.63) is 78.4 Å². The molecule has 2 fully saturated rings. The molecule has 1 atom stereocenters. The van der Waals surface area contributed by atoms with Gasteiger partial charge in [-0.2, -0.15) is 9.40 Å². The monoisotopic (exact) mass is 440 g/mol. The number of likely N-dealkylation sites (tertiary alicyclic amines) is 1. The Labute approximate surface area is 182 Å². The van der Waals surface area contributed by atoms with Crippen molar-refractivity contribution in [1.29, 1.82) is 0 Å². The second-order valence-electron chi connectivity index (χ2n) is 8.61. The molecule has 3 heterocycles. The van der Waals surface area contributed by atoms with E-state index in [2.05, 4.69) is 22.1 Å². The van der Waals surface area contributed by atoms with E-state index in [1.165, 1.54) is 28.7 Å². The maximum absolute atomic E-state index is 14.0. The molecular weight excluding hydrogens is 415 g/mol. The molecule has 0 saturated carbocycles. The summed E-state index contributed by atoms with van der Waals surface area (Å²) in [5.41, 5.74) is 1.51. The zero-order chi connectivity index (χ0) is 21.5. The molecule has 0 aliphatic carbocycles. The van der Waals surface area contributed by atoms with Crippen molar-refractivity contribution in [3.63, 3.8) is 0 Å². The fraction of sp³-hybridized carbons (Fsp3) is 0.348. The first-order chi connectivity index (χ1) is 15.0. The summed E-state index contributed by atoms with van der Waals surface area (Å²) < 4.78 is 43.4. The molecule has 0 bridgehead atoms. The fourth-order valence-corrected chi connectivity index (χ4v) is 6.28. The normalized spacial score (nSPS) is 22.5. The zero-order valence-corrected chi connectivity index (χ0v) is 18.0. The molecule has 1 aromatic heterocycles. The molecule has 2 saturated heterocycles. The Morgan fingerprint density at radius 1 is 0.968 bits per heavy atom. The van der Waals surface area contributed by atoms with Crippen molar-refractivity contribution < 1.29 is 12.8 Å². The molecule has 6 nitrogen and oxygen atoms in total. The average molecular weight is 441 g/mol. The Morgan fingerprint density at radius 3 is 2.52 bits per heavy atom. The van der Waals surface area contributed by atoms with Crippen LogP contribution in [-0.2, 0) is 16.6 Å². The van der Waals surface area contributed by atoms with Gasteiger partial charge in [-0.1, -0.05) is 42.5 Å². The van der Waals surface area contributed by atoms with E-state index in [9.17, 15) is 12.8 Å². The first-order valence-corrected chi connectivity index (χ1v) is 12.0. The Morgan fingerprint density at radius 2 is 1.71 bits per heavy atom. The number of halogens is 1. The molecule has 0 amide bonds. The molecule has 2 aliphatic heterocycles. The van der Waals surface area contributed by atoms with Gasteiger partial charge in [-0.15, -0.1) is 0 Å². The quantitative estimate of drug-likeness (QED) is 0.611. The van der Waals surface area contributed by atoms with Crippen LogP contribution in [0.2, 0.25) is 0 Å². The minimum atomic E-state index is -3.67. The summed E-state index contributed by atoms with van der Waals surface area (Å²) in [6.07, 6.45) is 4.57. The lowest BCUT2D eigenvalue weighted by Gasteiger charge is -2.24. The van der Waals surface area contributed by atoms with E-state index in [1.807, 2.05) is 18.2 Å². The molecule has 5 rings (SSSR count). The summed E-state index contributed by atoms with van der Waals surface area (Å²) in [5, 5.41) is 4.10. The Balaban J connectivity index is 1.29. The van der Waals surface area contributed by atoms with E-state index >= 15 is 0 Å². The lowest BCUT2D eigenvalue weighted by atomic mass is 9.86. The third-order valence-corrected chi connectivity index (χ3v) is 8.26. The molecule has 0 N–H and O–H groups in total. The molecule has 162 valence electrons. The van der Waals surface area contributed by atoms with Gasteiger partial charge in [0.1, 0.15) is 16.4 Å². The van der Waals surface area contributed by atoms with E-state index in [0.717, 1.165) is 32.5 Å². The zero-order valence-electron chi connectivity index (χ0n) is 17.2. The average Bonchev–Trinajstić information content (AvgIpc) is 3.51. The van der Waals surface area contributed by atoms with Gasteiger partial charge in [-0.05, 0) is 42.5 Å². The van der Waals surface area contributed by atoms with Crippen LogP contribution < -0.4 is 0 Å². The minimum Gasteiger partial charge on any atom is -0.298 e. The molecule has 0 radical (unpaired) electrons. The predicted octanol–water partition coefficient (Wildman–Crippen LogP) is 3.30. The Bertz CT molecular complexity index is 1180. The summed E-state index contributed by atoms with van der Waals surface area (Å²) in [4.78, 5) is 2.52. The minimum absolute atomic E-state index is 0.00336. The molecule has 31 heavy (non-hydrogen) atoms. The lowest BCUT2D eigenvalue weighted by molar-refractivity contribution is 0.260. The highest BCUT2D eigenvalue weighted by Gasteiger charge is 2.46. The molecule has 3 aromatic rings. The molecule has 2 aliphatic rings.